The Morgan fingerprint density at radius 3 is 2.62 bits per heavy atom. The molecule has 7 heteroatoms. The largest absolute Gasteiger partial charge is 0.328 e. The summed E-state index contributed by atoms with van der Waals surface area (Å²) < 4.78 is 0. The Labute approximate surface area is 145 Å². The highest BCUT2D eigenvalue weighted by molar-refractivity contribution is 7.13. The van der Waals surface area contributed by atoms with E-state index in [1.807, 2.05) is 32.6 Å². The fourth-order valence-electron chi connectivity index (χ4n) is 3.36. The van der Waals surface area contributed by atoms with Gasteiger partial charge in [0.25, 0.3) is 11.5 Å². The molecule has 2 aromatic rings. The van der Waals surface area contributed by atoms with Crippen molar-refractivity contribution in [2.75, 3.05) is 6.54 Å². The minimum atomic E-state index is -0.170. The van der Waals surface area contributed by atoms with Crippen molar-refractivity contribution < 1.29 is 4.79 Å². The minimum Gasteiger partial charge on any atom is -0.328 e. The van der Waals surface area contributed by atoms with Crippen molar-refractivity contribution in [2.24, 2.45) is 0 Å². The maximum absolute atomic E-state index is 12.9. The number of hydrogen-bond donors (Lipinski definition) is 1. The molecule has 0 bridgehead atoms. The quantitative estimate of drug-likeness (QED) is 0.927. The molecule has 1 unspecified atom stereocenters. The second-order valence-corrected chi connectivity index (χ2v) is 7.38. The average Bonchev–Trinajstić information content (AvgIpc) is 3.12. The molecule has 1 aliphatic rings. The van der Waals surface area contributed by atoms with Gasteiger partial charge in [0.2, 0.25) is 0 Å². The topological polar surface area (TPSA) is 79.0 Å². The standard InChI is InChI=1S/C17H22N4O2S/c1-5-12-9(2)19-15(20-16(12)22)13-7-6-8-21(13)17(23)14-10(3)18-11(4)24-14/h13H,5-8H2,1-4H3,(H,19,20,22). The first-order valence-corrected chi connectivity index (χ1v) is 9.08. The van der Waals surface area contributed by atoms with Gasteiger partial charge in [0.15, 0.2) is 0 Å². The molecule has 0 spiro atoms. The highest BCUT2D eigenvalue weighted by Gasteiger charge is 2.34. The summed E-state index contributed by atoms with van der Waals surface area (Å²) in [5.74, 6) is 0.583. The zero-order valence-electron chi connectivity index (χ0n) is 14.5. The van der Waals surface area contributed by atoms with Gasteiger partial charge >= 0.3 is 0 Å². The summed E-state index contributed by atoms with van der Waals surface area (Å²) in [5, 5.41) is 0.890. The van der Waals surface area contributed by atoms with E-state index in [0.29, 0.717) is 29.2 Å². The normalized spacial score (nSPS) is 17.5. The number of carbonyl (C=O) groups excluding carboxylic acids is 1. The summed E-state index contributed by atoms with van der Waals surface area (Å²) in [4.78, 5) is 39.5. The zero-order valence-corrected chi connectivity index (χ0v) is 15.3. The van der Waals surface area contributed by atoms with Gasteiger partial charge < -0.3 is 9.88 Å². The number of amides is 1. The lowest BCUT2D eigenvalue weighted by Gasteiger charge is -2.24. The Bertz CT molecular complexity index is 840. The smallest absolute Gasteiger partial charge is 0.266 e. The Hall–Kier alpha value is -2.02. The highest BCUT2D eigenvalue weighted by atomic mass is 32.1. The molecule has 6 nitrogen and oxygen atoms in total. The number of carbonyl (C=O) groups is 1. The van der Waals surface area contributed by atoms with Crippen LogP contribution in [0.5, 0.6) is 0 Å². The number of hydrogen-bond acceptors (Lipinski definition) is 5. The molecule has 1 atom stereocenters. The number of aromatic amines is 1. The SMILES string of the molecule is CCc1c(C)nc(C2CCCN2C(=O)c2sc(C)nc2C)[nH]c1=O. The van der Waals surface area contributed by atoms with E-state index in [-0.39, 0.29) is 17.5 Å². The number of H-pyrrole nitrogens is 1. The predicted octanol–water partition coefficient (Wildman–Crippen LogP) is 2.69. The number of nitrogens with one attached hydrogen (secondary N) is 1. The van der Waals surface area contributed by atoms with E-state index < -0.39 is 0 Å². The van der Waals surface area contributed by atoms with Gasteiger partial charge in [0, 0.05) is 17.8 Å². The molecule has 1 N–H and O–H groups in total. The van der Waals surface area contributed by atoms with E-state index in [4.69, 9.17) is 0 Å². The monoisotopic (exact) mass is 346 g/mol. The third-order valence-electron chi connectivity index (χ3n) is 4.52. The van der Waals surface area contributed by atoms with Crippen molar-refractivity contribution in [3.63, 3.8) is 0 Å². The molecule has 24 heavy (non-hydrogen) atoms. The maximum Gasteiger partial charge on any atom is 0.266 e. The Morgan fingerprint density at radius 2 is 2.04 bits per heavy atom. The van der Waals surface area contributed by atoms with Gasteiger partial charge in [-0.1, -0.05) is 6.92 Å². The molecule has 3 rings (SSSR count). The number of nitrogens with zero attached hydrogens (tertiary/aromatic N) is 3. The van der Waals surface area contributed by atoms with Gasteiger partial charge in [-0.15, -0.1) is 11.3 Å². The van der Waals surface area contributed by atoms with Crippen LogP contribution in [-0.2, 0) is 6.42 Å². The summed E-state index contributed by atoms with van der Waals surface area (Å²) in [6.07, 6.45) is 2.38. The van der Waals surface area contributed by atoms with Crippen molar-refractivity contribution >= 4 is 17.2 Å². The maximum atomic E-state index is 12.9. The van der Waals surface area contributed by atoms with Crippen molar-refractivity contribution in [3.05, 3.63) is 43.0 Å². The molecule has 1 aliphatic heterocycles. The van der Waals surface area contributed by atoms with Crippen LogP contribution in [0.15, 0.2) is 4.79 Å². The van der Waals surface area contributed by atoms with Crippen LogP contribution in [0.2, 0.25) is 0 Å². The van der Waals surface area contributed by atoms with Crippen LogP contribution < -0.4 is 5.56 Å². The van der Waals surface area contributed by atoms with Crippen molar-refractivity contribution in [2.45, 2.75) is 53.0 Å². The first-order chi connectivity index (χ1) is 11.4. The van der Waals surface area contributed by atoms with Gasteiger partial charge in [-0.3, -0.25) is 9.59 Å². The summed E-state index contributed by atoms with van der Waals surface area (Å²) in [6.45, 7) is 8.25. The van der Waals surface area contributed by atoms with Crippen LogP contribution in [0.25, 0.3) is 0 Å². The van der Waals surface area contributed by atoms with Crippen molar-refractivity contribution in [3.8, 4) is 0 Å². The van der Waals surface area contributed by atoms with Gasteiger partial charge in [-0.25, -0.2) is 9.97 Å². The molecular weight excluding hydrogens is 324 g/mol. The number of rotatable bonds is 3. The Kier molecular flexibility index (Phi) is 4.54. The van der Waals surface area contributed by atoms with E-state index in [9.17, 15) is 9.59 Å². The van der Waals surface area contributed by atoms with E-state index in [0.717, 1.165) is 29.2 Å². The molecule has 2 aromatic heterocycles. The van der Waals surface area contributed by atoms with E-state index in [1.165, 1.54) is 11.3 Å². The number of thiazole rings is 1. The average molecular weight is 346 g/mol. The molecule has 3 heterocycles. The van der Waals surface area contributed by atoms with Crippen LogP contribution in [0.4, 0.5) is 0 Å². The first kappa shape index (κ1) is 16.8. The Morgan fingerprint density at radius 1 is 1.29 bits per heavy atom. The number of aryl methyl sites for hydroxylation is 3. The van der Waals surface area contributed by atoms with Crippen LogP contribution in [-0.4, -0.2) is 32.3 Å². The lowest BCUT2D eigenvalue weighted by Crippen LogP contribution is -2.33. The van der Waals surface area contributed by atoms with Crippen molar-refractivity contribution in [1.82, 2.24) is 19.9 Å². The second-order valence-electron chi connectivity index (χ2n) is 6.17. The van der Waals surface area contributed by atoms with Gasteiger partial charge in [0.1, 0.15) is 10.7 Å². The first-order valence-electron chi connectivity index (χ1n) is 8.27. The fraction of sp³-hybridized carbons (Fsp3) is 0.529. The summed E-state index contributed by atoms with van der Waals surface area (Å²) in [5.41, 5.74) is 2.14. The van der Waals surface area contributed by atoms with Crippen LogP contribution >= 0.6 is 11.3 Å². The predicted molar refractivity (Wildman–Crippen MR) is 93.6 cm³/mol. The molecule has 1 amide bonds. The third kappa shape index (κ3) is 2.88. The summed E-state index contributed by atoms with van der Waals surface area (Å²) in [7, 11) is 0. The molecule has 1 fully saturated rings. The summed E-state index contributed by atoms with van der Waals surface area (Å²) in [6, 6.07) is -0.170. The molecule has 0 aromatic carbocycles. The Balaban J connectivity index is 1.95. The van der Waals surface area contributed by atoms with E-state index in [2.05, 4.69) is 15.0 Å². The van der Waals surface area contributed by atoms with Crippen LogP contribution in [0.3, 0.4) is 0 Å². The third-order valence-corrected chi connectivity index (χ3v) is 5.58. The van der Waals surface area contributed by atoms with Gasteiger partial charge in [0.05, 0.1) is 16.7 Å². The minimum absolute atomic E-state index is 0.0135. The van der Waals surface area contributed by atoms with Crippen LogP contribution in [0, 0.1) is 20.8 Å². The van der Waals surface area contributed by atoms with E-state index >= 15 is 0 Å². The van der Waals surface area contributed by atoms with Crippen LogP contribution in [0.1, 0.15) is 63.3 Å². The number of aromatic nitrogens is 3. The molecule has 128 valence electrons. The molecule has 1 saturated heterocycles. The lowest BCUT2D eigenvalue weighted by atomic mass is 10.1. The second kappa shape index (κ2) is 6.47. The molecule has 0 aliphatic carbocycles. The number of likely N-dealkylation sites (tertiary alicyclic amines) is 1. The highest BCUT2D eigenvalue weighted by Crippen LogP contribution is 2.32. The molecular formula is C17H22N4O2S. The van der Waals surface area contributed by atoms with Gasteiger partial charge in [-0.05, 0) is 40.0 Å². The zero-order chi connectivity index (χ0) is 17.4. The van der Waals surface area contributed by atoms with E-state index in [1.54, 1.807) is 0 Å². The van der Waals surface area contributed by atoms with Gasteiger partial charge in [-0.2, -0.15) is 0 Å². The lowest BCUT2D eigenvalue weighted by molar-refractivity contribution is 0.0733. The molecule has 0 saturated carbocycles. The fourth-order valence-corrected chi connectivity index (χ4v) is 4.24. The summed E-state index contributed by atoms with van der Waals surface area (Å²) >= 11 is 1.42. The molecule has 0 radical (unpaired) electrons. The van der Waals surface area contributed by atoms with Crippen molar-refractivity contribution in [1.29, 1.82) is 0 Å².